The van der Waals surface area contributed by atoms with E-state index in [1.54, 1.807) is 12.1 Å². The molecule has 46 heavy (non-hydrogen) atoms. The van der Waals surface area contributed by atoms with Crippen LogP contribution in [0.2, 0.25) is 0 Å². The van der Waals surface area contributed by atoms with Crippen molar-refractivity contribution in [3.05, 3.63) is 47.5 Å². The maximum atomic E-state index is 14.3. The fourth-order valence-corrected chi connectivity index (χ4v) is 6.93. The van der Waals surface area contributed by atoms with Crippen molar-refractivity contribution in [1.82, 2.24) is 20.0 Å². The Labute approximate surface area is 258 Å². The molecule has 0 spiro atoms. The third kappa shape index (κ3) is 3.94. The van der Waals surface area contributed by atoms with Gasteiger partial charge in [0.2, 0.25) is 6.41 Å². The van der Waals surface area contributed by atoms with Crippen LogP contribution in [0.1, 0.15) is 40.3 Å². The molecule has 8 rings (SSSR count). The minimum Gasteiger partial charge on any atom is -0.508 e. The Balaban J connectivity index is 1.46. The van der Waals surface area contributed by atoms with Crippen LogP contribution in [0.25, 0.3) is 43.6 Å². The van der Waals surface area contributed by atoms with Gasteiger partial charge < -0.3 is 54.4 Å². The number of phenolic OH excluding ortho intramolecular Hbond substituents is 2. The Morgan fingerprint density at radius 1 is 0.913 bits per heavy atom. The van der Waals surface area contributed by atoms with Crippen LogP contribution in [-0.4, -0.2) is 107 Å². The molecule has 2 aromatic heterocycles. The van der Waals surface area contributed by atoms with Crippen LogP contribution in [0, 0.1) is 0 Å². The predicted octanol–water partition coefficient (Wildman–Crippen LogP) is 1.02. The van der Waals surface area contributed by atoms with E-state index in [9.17, 15) is 40.2 Å². The van der Waals surface area contributed by atoms with Crippen molar-refractivity contribution in [3.8, 4) is 11.5 Å². The summed E-state index contributed by atoms with van der Waals surface area (Å²) in [5.74, 6) is -1.62. The van der Waals surface area contributed by atoms with E-state index in [-0.39, 0.29) is 51.8 Å². The van der Waals surface area contributed by atoms with Gasteiger partial charge in [-0.2, -0.15) is 10.4 Å². The average molecular weight is 635 g/mol. The lowest BCUT2D eigenvalue weighted by Crippen LogP contribution is -2.56. The zero-order valence-corrected chi connectivity index (χ0v) is 24.2. The standard InChI is InChI=1S/C31H30N4O11/c1-2-13-10-44-31(45-13)33-35-28(42)21-19-14-5-3-11(37)7-16(14)32-23(19)24-20(22(21)29(35)43)15-6-4-12(38)8-17(15)34(24)30-27(41)26(40)25(39)18(9-36)46-30/h3-8,13,18,25-27,30-33,36-41H,2,9-10H2,1H3/t13?,18-,25-,26+,27-,30-,31?/m1/s1. The maximum Gasteiger partial charge on any atom is 0.277 e. The molecule has 0 bridgehead atoms. The van der Waals surface area contributed by atoms with Crippen LogP contribution in [0.5, 0.6) is 11.5 Å². The highest BCUT2D eigenvalue weighted by Crippen LogP contribution is 2.48. The molecule has 7 atom stereocenters. The second-order valence-electron chi connectivity index (χ2n) is 11.8. The number of nitrogens with zero attached hydrogens (tertiary/aromatic N) is 2. The fraction of sp³-hybridized carbons (Fsp3) is 0.355. The number of hydrazine groups is 1. The largest absolute Gasteiger partial charge is 0.508 e. The number of carbonyl (C=O) groups is 2. The number of aliphatic hydroxyl groups excluding tert-OH is 4. The van der Waals surface area contributed by atoms with E-state index in [0.29, 0.717) is 33.6 Å². The van der Waals surface area contributed by atoms with Gasteiger partial charge in [0.15, 0.2) is 6.23 Å². The molecule has 2 unspecified atom stereocenters. The SMILES string of the molecule is CCC1COC(NN2C(=O)c3c(c4c5ccc(O)cc5n([C@@H]5O[C@H](CO)[C@@H](O)[C@H](O)[C@H]5O)c4c4[nH]c5cc(O)ccc5c34)C2=O)O1. The van der Waals surface area contributed by atoms with Crippen LogP contribution in [0.4, 0.5) is 0 Å². The number of hydrogen-bond acceptors (Lipinski definition) is 12. The number of fused-ring (bicyclic) bond motifs is 10. The number of imide groups is 1. The van der Waals surface area contributed by atoms with Gasteiger partial charge in [0.1, 0.15) is 35.9 Å². The number of aromatic nitrogens is 2. The third-order valence-electron chi connectivity index (χ3n) is 9.15. The minimum atomic E-state index is -1.73. The van der Waals surface area contributed by atoms with Crippen LogP contribution >= 0.6 is 0 Å². The van der Waals surface area contributed by atoms with E-state index in [4.69, 9.17) is 14.2 Å². The molecule has 0 saturated carbocycles. The van der Waals surface area contributed by atoms with Crippen molar-refractivity contribution < 1.29 is 54.4 Å². The highest BCUT2D eigenvalue weighted by atomic mass is 16.7. The molecular weight excluding hydrogens is 604 g/mol. The van der Waals surface area contributed by atoms with Gasteiger partial charge in [-0.3, -0.25) is 9.59 Å². The van der Waals surface area contributed by atoms with Gasteiger partial charge in [-0.05, 0) is 30.7 Å². The predicted molar refractivity (Wildman–Crippen MR) is 160 cm³/mol. The van der Waals surface area contributed by atoms with E-state index in [2.05, 4.69) is 10.4 Å². The lowest BCUT2D eigenvalue weighted by Gasteiger charge is -2.41. The monoisotopic (exact) mass is 634 g/mol. The lowest BCUT2D eigenvalue weighted by atomic mass is 9.96. The van der Waals surface area contributed by atoms with Crippen molar-refractivity contribution in [2.75, 3.05) is 13.2 Å². The molecule has 3 aromatic carbocycles. The lowest BCUT2D eigenvalue weighted by molar-refractivity contribution is -0.249. The molecule has 2 amide bonds. The summed E-state index contributed by atoms with van der Waals surface area (Å²) in [4.78, 5) is 31.7. The minimum absolute atomic E-state index is 0.0121. The van der Waals surface area contributed by atoms with E-state index in [0.717, 1.165) is 5.01 Å². The molecule has 2 fully saturated rings. The Kier molecular flexibility index (Phi) is 6.55. The van der Waals surface area contributed by atoms with Crippen molar-refractivity contribution in [1.29, 1.82) is 0 Å². The summed E-state index contributed by atoms with van der Waals surface area (Å²) in [5, 5.41) is 65.7. The van der Waals surface area contributed by atoms with Crippen molar-refractivity contribution >= 4 is 55.4 Å². The molecule has 5 aromatic rings. The van der Waals surface area contributed by atoms with E-state index in [1.807, 2.05) is 6.92 Å². The second-order valence-corrected chi connectivity index (χ2v) is 11.8. The summed E-state index contributed by atoms with van der Waals surface area (Å²) in [5.41, 5.74) is 4.11. The number of H-pyrrole nitrogens is 1. The molecule has 240 valence electrons. The number of aliphatic hydroxyl groups is 4. The van der Waals surface area contributed by atoms with Gasteiger partial charge in [0, 0.05) is 33.7 Å². The summed E-state index contributed by atoms with van der Waals surface area (Å²) in [6, 6.07) is 8.85. The van der Waals surface area contributed by atoms with Gasteiger partial charge in [-0.1, -0.05) is 6.92 Å². The quantitative estimate of drug-likeness (QED) is 0.127. The molecule has 5 heterocycles. The highest BCUT2D eigenvalue weighted by molar-refractivity contribution is 6.39. The second kappa shape index (κ2) is 10.3. The fourth-order valence-electron chi connectivity index (χ4n) is 6.93. The molecule has 2 saturated heterocycles. The van der Waals surface area contributed by atoms with Gasteiger partial charge >= 0.3 is 0 Å². The number of phenols is 2. The van der Waals surface area contributed by atoms with Crippen LogP contribution in [-0.2, 0) is 14.2 Å². The molecule has 0 radical (unpaired) electrons. The molecule has 15 heteroatoms. The Morgan fingerprint density at radius 3 is 2.30 bits per heavy atom. The number of nitrogens with one attached hydrogen (secondary N) is 2. The average Bonchev–Trinajstić information content (AvgIpc) is 3.79. The number of amides is 2. The van der Waals surface area contributed by atoms with Crippen molar-refractivity contribution in [2.45, 2.75) is 56.5 Å². The number of aromatic hydroxyl groups is 2. The van der Waals surface area contributed by atoms with Crippen LogP contribution in [0.3, 0.4) is 0 Å². The maximum absolute atomic E-state index is 14.3. The summed E-state index contributed by atoms with van der Waals surface area (Å²) in [6.45, 7) is 1.51. The Morgan fingerprint density at radius 2 is 1.61 bits per heavy atom. The number of ether oxygens (including phenoxy) is 3. The van der Waals surface area contributed by atoms with Gasteiger partial charge in [0.05, 0.1) is 52.5 Å². The first-order valence-electron chi connectivity index (χ1n) is 14.8. The van der Waals surface area contributed by atoms with Crippen molar-refractivity contribution in [3.63, 3.8) is 0 Å². The summed E-state index contributed by atoms with van der Waals surface area (Å²) in [7, 11) is 0. The summed E-state index contributed by atoms with van der Waals surface area (Å²) in [6.07, 6.45) is -8.43. The third-order valence-corrected chi connectivity index (χ3v) is 9.15. The van der Waals surface area contributed by atoms with E-state index < -0.39 is 55.5 Å². The highest BCUT2D eigenvalue weighted by Gasteiger charge is 2.48. The summed E-state index contributed by atoms with van der Waals surface area (Å²) >= 11 is 0. The topological polar surface area (TPSA) is 219 Å². The number of carbonyl (C=O) groups excluding carboxylic acids is 2. The van der Waals surface area contributed by atoms with Gasteiger partial charge in [-0.15, -0.1) is 0 Å². The first kappa shape index (κ1) is 29.1. The number of hydrogen-bond donors (Lipinski definition) is 8. The first-order chi connectivity index (χ1) is 22.1. The number of benzene rings is 3. The molecular formula is C31H30N4O11. The van der Waals surface area contributed by atoms with E-state index in [1.165, 1.54) is 28.8 Å². The molecule has 8 N–H and O–H groups in total. The first-order valence-corrected chi connectivity index (χ1v) is 14.8. The van der Waals surface area contributed by atoms with Gasteiger partial charge in [-0.25, -0.2) is 0 Å². The van der Waals surface area contributed by atoms with Crippen LogP contribution < -0.4 is 5.43 Å². The van der Waals surface area contributed by atoms with Crippen molar-refractivity contribution in [2.24, 2.45) is 0 Å². The van der Waals surface area contributed by atoms with Gasteiger partial charge in [0.25, 0.3) is 11.8 Å². The molecule has 0 aliphatic carbocycles. The van der Waals surface area contributed by atoms with E-state index >= 15 is 0 Å². The zero-order valence-electron chi connectivity index (χ0n) is 24.2. The zero-order chi connectivity index (χ0) is 32.2. The van der Waals surface area contributed by atoms with Crippen LogP contribution in [0.15, 0.2) is 36.4 Å². The smallest absolute Gasteiger partial charge is 0.277 e. The Bertz CT molecular complexity index is 2090. The molecule has 3 aliphatic heterocycles. The Hall–Kier alpha value is -4.32. The number of aromatic amines is 1. The molecule has 15 nitrogen and oxygen atoms in total. The molecule has 3 aliphatic rings. The normalized spacial score (nSPS) is 28.5. The summed E-state index contributed by atoms with van der Waals surface area (Å²) < 4.78 is 18.8. The number of rotatable bonds is 5.